The molecular weight excluding hydrogens is 706 g/mol. The third-order valence-electron chi connectivity index (χ3n) is 11.5. The molecule has 2 aliphatic carbocycles. The molecule has 6 atom stereocenters. The molecule has 6 unspecified atom stereocenters. The van der Waals surface area contributed by atoms with Gasteiger partial charge in [-0.15, -0.1) is 0 Å². The number of halogens is 1. The van der Waals surface area contributed by atoms with Gasteiger partial charge in [-0.05, 0) is 85.3 Å². The second-order valence-electron chi connectivity index (χ2n) is 14.3. The van der Waals surface area contributed by atoms with Gasteiger partial charge in [0.25, 0.3) is 11.8 Å². The van der Waals surface area contributed by atoms with Crippen LogP contribution in [0.15, 0.2) is 109 Å². The van der Waals surface area contributed by atoms with Crippen molar-refractivity contribution in [3.8, 4) is 17.2 Å². The van der Waals surface area contributed by atoms with Gasteiger partial charge in [-0.2, -0.15) is 5.01 Å². The summed E-state index contributed by atoms with van der Waals surface area (Å²) >= 11 is 6.15. The maximum Gasteiger partial charge on any atom is 0.260 e. The smallest absolute Gasteiger partial charge is 0.260 e. The molecule has 4 amide bonds. The molecule has 0 spiro atoms. The molecule has 10 nitrogen and oxygen atoms in total. The molecule has 2 saturated heterocycles. The van der Waals surface area contributed by atoms with Crippen molar-refractivity contribution in [1.29, 1.82) is 0 Å². The van der Waals surface area contributed by atoms with E-state index in [-0.39, 0.29) is 35.5 Å². The van der Waals surface area contributed by atoms with E-state index in [4.69, 9.17) is 21.1 Å². The number of anilines is 2. The monoisotopic (exact) mass is 743 g/mol. The van der Waals surface area contributed by atoms with Crippen LogP contribution in [0.5, 0.6) is 17.2 Å². The third kappa shape index (κ3) is 5.38. The van der Waals surface area contributed by atoms with E-state index in [0.29, 0.717) is 33.9 Å². The van der Waals surface area contributed by atoms with Crippen molar-refractivity contribution < 1.29 is 33.8 Å². The van der Waals surface area contributed by atoms with Crippen molar-refractivity contribution in [1.82, 2.24) is 5.01 Å². The van der Waals surface area contributed by atoms with E-state index < -0.39 is 46.8 Å². The molecule has 54 heavy (non-hydrogen) atoms. The molecule has 4 aliphatic rings. The Balaban J connectivity index is 1.30. The molecule has 0 aromatic heterocycles. The Morgan fingerprint density at radius 3 is 2.17 bits per heavy atom. The number of hydrazine groups is 1. The number of phenols is 1. The number of methoxy groups -OCH3 is 2. The predicted octanol–water partition coefficient (Wildman–Crippen LogP) is 7.11. The summed E-state index contributed by atoms with van der Waals surface area (Å²) in [5.41, 5.74) is 5.84. The topological polar surface area (TPSA) is 125 Å². The summed E-state index contributed by atoms with van der Waals surface area (Å²) in [6, 6.07) is 26.7. The molecule has 274 valence electrons. The highest BCUT2D eigenvalue weighted by atomic mass is 35.5. The number of imide groups is 2. The molecule has 0 radical (unpaired) electrons. The van der Waals surface area contributed by atoms with Gasteiger partial charge in [0.15, 0.2) is 11.5 Å². The van der Waals surface area contributed by atoms with Crippen LogP contribution in [-0.4, -0.2) is 48.0 Å². The van der Waals surface area contributed by atoms with Crippen LogP contribution < -0.4 is 19.8 Å². The first kappa shape index (κ1) is 35.2. The molecule has 3 fully saturated rings. The SMILES string of the molecule is COc1cc(C=CC2C3=CCC4C(=O)N(c5ccc(Cl)cc5)C(=O)C4C3CC3C(=O)N(Nc4ccc(C)cc4)C(=O)C23c2ccccc2)cc(OC)c1O. The first-order chi connectivity index (χ1) is 26.1. The van der Waals surface area contributed by atoms with Crippen molar-refractivity contribution in [2.75, 3.05) is 24.5 Å². The lowest BCUT2D eigenvalue weighted by Gasteiger charge is -2.49. The summed E-state index contributed by atoms with van der Waals surface area (Å²) < 4.78 is 10.9. The molecule has 2 N–H and O–H groups in total. The molecule has 4 aromatic carbocycles. The number of carbonyl (C=O) groups is 4. The number of hydrogen-bond acceptors (Lipinski definition) is 8. The molecule has 11 heteroatoms. The summed E-state index contributed by atoms with van der Waals surface area (Å²) in [7, 11) is 2.88. The van der Waals surface area contributed by atoms with E-state index in [1.807, 2.05) is 79.7 Å². The minimum Gasteiger partial charge on any atom is -0.502 e. The minimum absolute atomic E-state index is 0.152. The lowest BCUT2D eigenvalue weighted by atomic mass is 9.50. The first-order valence-electron chi connectivity index (χ1n) is 17.8. The van der Waals surface area contributed by atoms with Crippen LogP contribution in [0.3, 0.4) is 0 Å². The van der Waals surface area contributed by atoms with E-state index in [9.17, 15) is 19.5 Å². The highest BCUT2D eigenvalue weighted by Gasteiger charge is 2.69. The molecular formula is C43H38ClN3O7. The van der Waals surface area contributed by atoms with Gasteiger partial charge in [-0.1, -0.05) is 83.4 Å². The number of aromatic hydroxyl groups is 1. The van der Waals surface area contributed by atoms with E-state index in [1.165, 1.54) is 19.1 Å². The number of hydrogen-bond donors (Lipinski definition) is 2. The van der Waals surface area contributed by atoms with Crippen molar-refractivity contribution in [2.24, 2.45) is 29.6 Å². The molecule has 4 aromatic rings. The zero-order valence-corrected chi connectivity index (χ0v) is 30.6. The fraction of sp³-hybridized carbons (Fsp3) is 0.256. The van der Waals surface area contributed by atoms with E-state index in [0.717, 1.165) is 16.1 Å². The lowest BCUT2D eigenvalue weighted by Crippen LogP contribution is -2.54. The maximum atomic E-state index is 15.3. The van der Waals surface area contributed by atoms with Crippen LogP contribution >= 0.6 is 11.6 Å². The van der Waals surface area contributed by atoms with Gasteiger partial charge in [0.05, 0.1) is 48.8 Å². The Morgan fingerprint density at radius 2 is 1.52 bits per heavy atom. The molecule has 2 aliphatic heterocycles. The van der Waals surface area contributed by atoms with Gasteiger partial charge in [-0.3, -0.25) is 29.5 Å². The fourth-order valence-corrected chi connectivity index (χ4v) is 9.18. The summed E-state index contributed by atoms with van der Waals surface area (Å²) in [6.45, 7) is 1.96. The molecule has 2 heterocycles. The van der Waals surface area contributed by atoms with Crippen LogP contribution in [0.1, 0.15) is 29.5 Å². The number of carbonyl (C=O) groups excluding carboxylic acids is 4. The van der Waals surface area contributed by atoms with Gasteiger partial charge in [0, 0.05) is 10.9 Å². The number of rotatable bonds is 8. The number of aryl methyl sites for hydroxylation is 1. The van der Waals surface area contributed by atoms with E-state index in [1.54, 1.807) is 36.4 Å². The number of fused-ring (bicyclic) bond motifs is 4. The second kappa shape index (κ2) is 13.5. The summed E-state index contributed by atoms with van der Waals surface area (Å²) in [4.78, 5) is 59.8. The number of phenolic OH excluding ortho intramolecular Hbond substituents is 1. The number of allylic oxidation sites excluding steroid dienone is 3. The Bertz CT molecular complexity index is 2210. The molecule has 0 bridgehead atoms. The van der Waals surface area contributed by atoms with Crippen LogP contribution in [-0.2, 0) is 24.6 Å². The zero-order valence-electron chi connectivity index (χ0n) is 29.9. The van der Waals surface area contributed by atoms with Crippen molar-refractivity contribution in [2.45, 2.75) is 25.2 Å². The Kier molecular flexibility index (Phi) is 8.81. The Labute approximate surface area is 317 Å². The third-order valence-corrected chi connectivity index (χ3v) is 11.8. The van der Waals surface area contributed by atoms with E-state index >= 15 is 4.79 Å². The largest absolute Gasteiger partial charge is 0.502 e. The van der Waals surface area contributed by atoms with Crippen LogP contribution in [0.2, 0.25) is 5.02 Å². The zero-order chi connectivity index (χ0) is 37.9. The average Bonchev–Trinajstić information content (AvgIpc) is 3.56. The number of amides is 4. The maximum absolute atomic E-state index is 15.3. The van der Waals surface area contributed by atoms with Gasteiger partial charge in [-0.25, -0.2) is 0 Å². The van der Waals surface area contributed by atoms with Crippen molar-refractivity contribution in [3.05, 3.63) is 130 Å². The Morgan fingerprint density at radius 1 is 0.852 bits per heavy atom. The van der Waals surface area contributed by atoms with E-state index in [2.05, 4.69) is 5.43 Å². The van der Waals surface area contributed by atoms with Crippen molar-refractivity contribution in [3.63, 3.8) is 0 Å². The van der Waals surface area contributed by atoms with Gasteiger partial charge < -0.3 is 14.6 Å². The van der Waals surface area contributed by atoms with Crippen molar-refractivity contribution >= 4 is 52.7 Å². The second-order valence-corrected chi connectivity index (χ2v) is 14.7. The fourth-order valence-electron chi connectivity index (χ4n) is 9.06. The Hall–Kier alpha value is -5.87. The van der Waals surface area contributed by atoms with Gasteiger partial charge in [0.2, 0.25) is 17.6 Å². The summed E-state index contributed by atoms with van der Waals surface area (Å²) in [5.74, 6) is -4.72. The quantitative estimate of drug-likeness (QED) is 0.145. The molecule has 8 rings (SSSR count). The predicted molar refractivity (Wildman–Crippen MR) is 204 cm³/mol. The number of nitrogens with one attached hydrogen (secondary N) is 1. The number of ether oxygens (including phenoxy) is 2. The highest BCUT2D eigenvalue weighted by molar-refractivity contribution is 6.31. The molecule has 1 saturated carbocycles. The first-order valence-corrected chi connectivity index (χ1v) is 18.2. The van der Waals surface area contributed by atoms with Crippen LogP contribution in [0.4, 0.5) is 11.4 Å². The average molecular weight is 744 g/mol. The number of benzene rings is 4. The highest BCUT2D eigenvalue weighted by Crippen LogP contribution is 2.61. The normalized spacial score (nSPS) is 26.1. The standard InChI is InChI=1S/C43H38ClN3O7/c1-24-9-14-28(15-10-24)45-47-40(50)34-23-32-30(18-19-31-37(32)41(51)46(39(31)49)29-16-12-27(44)13-17-29)33(43(34,42(47)52)26-7-5-4-6-8-26)20-11-25-21-35(53-2)38(48)36(22-25)54-3/h4-18,20-22,31-34,37,45,48H,19,23H2,1-3H3. The summed E-state index contributed by atoms with van der Waals surface area (Å²) in [6.07, 6.45) is 6.20. The van der Waals surface area contributed by atoms with Crippen LogP contribution in [0, 0.1) is 36.5 Å². The summed E-state index contributed by atoms with van der Waals surface area (Å²) in [5, 5.41) is 12.2. The van der Waals surface area contributed by atoms with Gasteiger partial charge >= 0.3 is 0 Å². The van der Waals surface area contributed by atoms with Gasteiger partial charge in [0.1, 0.15) is 0 Å². The lowest BCUT2D eigenvalue weighted by molar-refractivity contribution is -0.139. The van der Waals surface area contributed by atoms with Crippen LogP contribution in [0.25, 0.3) is 6.08 Å². The minimum atomic E-state index is -1.41. The number of nitrogens with zero attached hydrogens (tertiary/aromatic N) is 2.